The number of hydrogen-bond acceptors (Lipinski definition) is 5. The minimum absolute atomic E-state index is 0.0112. The predicted octanol–water partition coefficient (Wildman–Crippen LogP) is 5.43. The molecule has 3 aliphatic carbocycles. The highest BCUT2D eigenvalue weighted by atomic mass is 19.4. The van der Waals surface area contributed by atoms with Gasteiger partial charge in [0, 0.05) is 59.7 Å². The third kappa shape index (κ3) is 4.48. The number of carbonyl (C=O) groups is 1. The first-order valence-electron chi connectivity index (χ1n) is 15.7. The summed E-state index contributed by atoms with van der Waals surface area (Å²) in [6, 6.07) is 13.2. The van der Waals surface area contributed by atoms with Gasteiger partial charge in [-0.05, 0) is 91.7 Å². The van der Waals surface area contributed by atoms with Crippen molar-refractivity contribution >= 4 is 17.2 Å². The van der Waals surface area contributed by atoms with Crippen molar-refractivity contribution in [2.45, 2.75) is 49.7 Å². The number of anilines is 1. The Morgan fingerprint density at radius 3 is 2.57 bits per heavy atom. The maximum absolute atomic E-state index is 14.1. The summed E-state index contributed by atoms with van der Waals surface area (Å²) in [6.07, 6.45) is 1.82. The minimum atomic E-state index is -4.62. The average Bonchev–Trinajstić information content (AvgIpc) is 3.37. The molecular weight excluding hydrogens is 541 g/mol. The monoisotopic (exact) mass is 577 g/mol. The van der Waals surface area contributed by atoms with Crippen LogP contribution < -0.4 is 5.32 Å². The number of aromatic nitrogens is 3. The summed E-state index contributed by atoms with van der Waals surface area (Å²) < 4.78 is 67.0. The van der Waals surface area contributed by atoms with Crippen molar-refractivity contribution in [2.75, 3.05) is 38.5 Å². The van der Waals surface area contributed by atoms with E-state index in [0.29, 0.717) is 18.7 Å². The van der Waals surface area contributed by atoms with E-state index in [1.54, 1.807) is 12.3 Å². The van der Waals surface area contributed by atoms with Crippen molar-refractivity contribution in [2.24, 2.45) is 0 Å². The van der Waals surface area contributed by atoms with Gasteiger partial charge in [-0.25, -0.2) is 9.50 Å². The molecule has 1 amide bonds. The highest BCUT2D eigenvalue weighted by Crippen LogP contribution is 2.74. The number of halogens is 3. The fourth-order valence-electron chi connectivity index (χ4n) is 7.28. The number of nitrogens with zero attached hydrogens (tertiary/aromatic N) is 5. The van der Waals surface area contributed by atoms with Crippen molar-refractivity contribution in [3.8, 4) is 0 Å². The number of likely N-dealkylation sites (N-methyl/N-ethyl adjacent to an activating group) is 1. The molecule has 7 nitrogen and oxygen atoms in total. The van der Waals surface area contributed by atoms with Crippen molar-refractivity contribution in [3.63, 3.8) is 0 Å². The number of fused-ring (bicyclic) bond motifs is 1. The molecular formula is C32H33F3N6O. The molecule has 1 saturated heterocycles. The first-order chi connectivity index (χ1) is 21.3. The molecule has 4 aliphatic rings. The number of rotatable bonds is 6. The second kappa shape index (κ2) is 9.64. The van der Waals surface area contributed by atoms with E-state index < -0.39 is 24.6 Å². The number of nitrogens with one attached hydrogen (secondary N) is 1. The molecule has 10 heteroatoms. The van der Waals surface area contributed by atoms with Gasteiger partial charge in [0.05, 0.1) is 17.5 Å². The lowest BCUT2D eigenvalue weighted by Crippen LogP contribution is -2.67. The molecule has 4 aromatic rings. The van der Waals surface area contributed by atoms with Gasteiger partial charge in [-0.1, -0.05) is 12.1 Å². The van der Waals surface area contributed by atoms with Gasteiger partial charge in [-0.2, -0.15) is 18.3 Å². The largest absolute Gasteiger partial charge is 0.416 e. The van der Waals surface area contributed by atoms with Gasteiger partial charge in [-0.3, -0.25) is 9.69 Å². The van der Waals surface area contributed by atoms with Gasteiger partial charge in [0.15, 0.2) is 5.65 Å². The number of hydrogen-bond donors (Lipinski definition) is 1. The number of imidazole rings is 1. The average molecular weight is 578 g/mol. The van der Waals surface area contributed by atoms with E-state index in [0.717, 1.165) is 47.8 Å². The number of piperazine rings is 1. The number of benzene rings is 2. The lowest BCUT2D eigenvalue weighted by atomic mass is 9.32. The molecule has 4 fully saturated rings. The summed E-state index contributed by atoms with van der Waals surface area (Å²) in [5, 5.41) is 7.16. The summed E-state index contributed by atoms with van der Waals surface area (Å²) in [7, 11) is 0. The number of carbonyl (C=O) groups excluding carboxylic acids is 1. The molecule has 218 valence electrons. The van der Waals surface area contributed by atoms with Crippen LogP contribution in [0.1, 0.15) is 61.7 Å². The Morgan fingerprint density at radius 1 is 1.05 bits per heavy atom. The van der Waals surface area contributed by atoms with Gasteiger partial charge in [0.25, 0.3) is 5.91 Å². The SMILES string of the molecule is [2H]C([2H])([2H])N1CCN(Cc2ccc(NC(=O)c3ccc(C)c(C45CC(c6cnc7cccnn67)(C4)C5)c3)cc2C(F)(F)F)CC1. The lowest BCUT2D eigenvalue weighted by Gasteiger charge is -2.71. The molecule has 8 rings (SSSR count). The first-order valence-corrected chi connectivity index (χ1v) is 14.2. The van der Waals surface area contributed by atoms with Crippen molar-refractivity contribution in [3.05, 3.63) is 94.4 Å². The maximum Gasteiger partial charge on any atom is 0.416 e. The molecule has 2 aromatic heterocycles. The van der Waals surface area contributed by atoms with E-state index in [9.17, 15) is 18.0 Å². The van der Waals surface area contributed by atoms with E-state index in [4.69, 9.17) is 4.11 Å². The summed E-state index contributed by atoms with van der Waals surface area (Å²) in [4.78, 5) is 21.0. The van der Waals surface area contributed by atoms with Gasteiger partial charge in [-0.15, -0.1) is 0 Å². The zero-order valence-corrected chi connectivity index (χ0v) is 23.2. The highest BCUT2D eigenvalue weighted by molar-refractivity contribution is 6.04. The Bertz CT molecular complexity index is 1780. The molecule has 0 spiro atoms. The second-order valence-corrected chi connectivity index (χ2v) is 12.1. The van der Waals surface area contributed by atoms with Gasteiger partial charge in [0.2, 0.25) is 0 Å². The molecule has 3 heterocycles. The molecule has 0 unspecified atom stereocenters. The first kappa shape index (κ1) is 23.8. The molecule has 2 aromatic carbocycles. The fraction of sp³-hybridized carbons (Fsp3) is 0.406. The number of amides is 1. The molecule has 0 atom stereocenters. The van der Waals surface area contributed by atoms with Crippen LogP contribution >= 0.6 is 0 Å². The van der Waals surface area contributed by atoms with Crippen molar-refractivity contribution < 1.29 is 22.1 Å². The highest BCUT2D eigenvalue weighted by Gasteiger charge is 2.70. The van der Waals surface area contributed by atoms with Crippen LogP contribution in [0.3, 0.4) is 0 Å². The molecule has 3 saturated carbocycles. The lowest BCUT2D eigenvalue weighted by molar-refractivity contribution is -0.138. The van der Waals surface area contributed by atoms with Crippen LogP contribution in [0.4, 0.5) is 18.9 Å². The van der Waals surface area contributed by atoms with Gasteiger partial charge in [0.1, 0.15) is 0 Å². The van der Waals surface area contributed by atoms with Gasteiger partial charge >= 0.3 is 6.18 Å². The minimum Gasteiger partial charge on any atom is -0.322 e. The topological polar surface area (TPSA) is 65.8 Å². The van der Waals surface area contributed by atoms with E-state index in [-0.39, 0.29) is 41.7 Å². The Hall–Kier alpha value is -3.76. The quantitative estimate of drug-likeness (QED) is 0.331. The summed E-state index contributed by atoms with van der Waals surface area (Å²) in [6.45, 7) is 1.06. The Balaban J connectivity index is 1.05. The molecule has 0 radical (unpaired) electrons. The van der Waals surface area contributed by atoms with Crippen molar-refractivity contribution in [1.29, 1.82) is 0 Å². The Kier molecular flexibility index (Phi) is 5.45. The fourth-order valence-corrected chi connectivity index (χ4v) is 7.28. The Morgan fingerprint density at radius 2 is 1.83 bits per heavy atom. The normalized spacial score (nSPS) is 25.7. The van der Waals surface area contributed by atoms with Crippen LogP contribution in [0.25, 0.3) is 5.65 Å². The zero-order valence-electron chi connectivity index (χ0n) is 26.2. The third-order valence-electron chi connectivity index (χ3n) is 9.36. The van der Waals surface area contributed by atoms with Crippen LogP contribution in [-0.4, -0.2) is 63.5 Å². The summed E-state index contributed by atoms with van der Waals surface area (Å²) in [5.41, 5.74) is 3.80. The number of alkyl halides is 3. The smallest absolute Gasteiger partial charge is 0.322 e. The standard InChI is InChI=1S/C32H33F3N6O/c1-21-5-6-22(14-25(21)30-18-31(19-30,20-30)27-16-36-28-4-3-9-37-41(27)28)29(42)38-24-8-7-23(26(15-24)32(33,34)35)17-40-12-10-39(2)11-13-40/h3-9,14-16H,10-13,17-20H2,1-2H3,(H,38,42)/i2D3. The maximum atomic E-state index is 14.1. The van der Waals surface area contributed by atoms with E-state index >= 15 is 0 Å². The second-order valence-electron chi connectivity index (χ2n) is 12.1. The molecule has 1 aliphatic heterocycles. The van der Waals surface area contributed by atoms with E-state index in [2.05, 4.69) is 15.4 Å². The Labute approximate surface area is 246 Å². The molecule has 1 N–H and O–H groups in total. The van der Waals surface area contributed by atoms with Crippen LogP contribution in [0.15, 0.2) is 60.9 Å². The van der Waals surface area contributed by atoms with Gasteiger partial charge < -0.3 is 10.2 Å². The summed E-state index contributed by atoms with van der Waals surface area (Å²) >= 11 is 0. The predicted molar refractivity (Wildman–Crippen MR) is 154 cm³/mol. The van der Waals surface area contributed by atoms with Crippen LogP contribution in [0.2, 0.25) is 0 Å². The van der Waals surface area contributed by atoms with E-state index in [1.165, 1.54) is 17.0 Å². The van der Waals surface area contributed by atoms with Crippen LogP contribution in [0.5, 0.6) is 0 Å². The zero-order chi connectivity index (χ0) is 31.8. The number of aryl methyl sites for hydroxylation is 1. The van der Waals surface area contributed by atoms with Crippen molar-refractivity contribution in [1.82, 2.24) is 24.4 Å². The summed E-state index contributed by atoms with van der Waals surface area (Å²) in [5.74, 6) is -0.467. The molecule has 42 heavy (non-hydrogen) atoms. The third-order valence-corrected chi connectivity index (χ3v) is 9.36. The van der Waals surface area contributed by atoms with Crippen LogP contribution in [-0.2, 0) is 23.6 Å². The van der Waals surface area contributed by atoms with Crippen LogP contribution in [0, 0.1) is 6.92 Å². The van der Waals surface area contributed by atoms with E-state index in [1.807, 2.05) is 46.8 Å². The molecule has 2 bridgehead atoms.